The van der Waals surface area contributed by atoms with Gasteiger partial charge in [0.05, 0.1) is 13.2 Å². The van der Waals surface area contributed by atoms with Crippen molar-refractivity contribution in [2.75, 3.05) is 32.8 Å². The van der Waals surface area contributed by atoms with Gasteiger partial charge in [-0.2, -0.15) is 0 Å². The van der Waals surface area contributed by atoms with Gasteiger partial charge in [0.1, 0.15) is 17.1 Å². The first kappa shape index (κ1) is 16.6. The summed E-state index contributed by atoms with van der Waals surface area (Å²) >= 11 is 0. The van der Waals surface area contributed by atoms with E-state index < -0.39 is 5.91 Å². The molecule has 2 rings (SSSR count). The molecule has 1 heterocycles. The van der Waals surface area contributed by atoms with E-state index in [1.54, 1.807) is 0 Å². The van der Waals surface area contributed by atoms with Gasteiger partial charge in [-0.25, -0.2) is 0 Å². The van der Waals surface area contributed by atoms with Crippen molar-refractivity contribution in [3.05, 3.63) is 23.8 Å². The molecule has 3 N–H and O–H groups in total. The van der Waals surface area contributed by atoms with Crippen LogP contribution in [0.4, 0.5) is 0 Å². The fourth-order valence-electron chi connectivity index (χ4n) is 2.74. The van der Waals surface area contributed by atoms with E-state index in [0.717, 1.165) is 13.1 Å². The highest BCUT2D eigenvalue weighted by atomic mass is 16.5. The standard InChI is InChI=1S/C16H24N2O4/c1-11(2)12(18-6-8-22-9-7-18)10-17-16(21)15-13(19)4-3-5-14(15)20/h3-5,11-12,19-20H,6-10H2,1-2H3,(H,17,21)/t12-/m1/s1. The normalized spacial score (nSPS) is 17.4. The first-order valence-electron chi connectivity index (χ1n) is 7.61. The Kier molecular flexibility index (Phi) is 5.63. The molecule has 0 spiro atoms. The van der Waals surface area contributed by atoms with E-state index in [0.29, 0.717) is 25.7 Å². The molecule has 0 bridgehead atoms. The molecular weight excluding hydrogens is 284 g/mol. The maximum atomic E-state index is 12.2. The molecule has 6 heteroatoms. The van der Waals surface area contributed by atoms with Gasteiger partial charge in [-0.3, -0.25) is 9.69 Å². The van der Waals surface area contributed by atoms with Crippen LogP contribution in [0.1, 0.15) is 24.2 Å². The minimum Gasteiger partial charge on any atom is -0.507 e. The molecule has 1 aromatic carbocycles. The SMILES string of the molecule is CC(C)[C@@H](CNC(=O)c1c(O)cccc1O)N1CCOCC1. The highest BCUT2D eigenvalue weighted by molar-refractivity contribution is 5.99. The molecule has 1 aliphatic heterocycles. The smallest absolute Gasteiger partial charge is 0.258 e. The van der Waals surface area contributed by atoms with Crippen LogP contribution < -0.4 is 5.32 Å². The number of nitrogens with one attached hydrogen (secondary N) is 1. The number of phenols is 2. The highest BCUT2D eigenvalue weighted by Crippen LogP contribution is 2.26. The predicted molar refractivity (Wildman–Crippen MR) is 83.1 cm³/mol. The fourth-order valence-corrected chi connectivity index (χ4v) is 2.74. The number of benzene rings is 1. The summed E-state index contributed by atoms with van der Waals surface area (Å²) in [6.45, 7) is 7.80. The van der Waals surface area contributed by atoms with E-state index in [4.69, 9.17) is 4.74 Å². The molecule has 122 valence electrons. The maximum Gasteiger partial charge on any atom is 0.258 e. The summed E-state index contributed by atoms with van der Waals surface area (Å²) in [6.07, 6.45) is 0. The van der Waals surface area contributed by atoms with Crippen LogP contribution in [0.3, 0.4) is 0 Å². The van der Waals surface area contributed by atoms with Crippen molar-refractivity contribution in [2.24, 2.45) is 5.92 Å². The second-order valence-electron chi connectivity index (χ2n) is 5.84. The molecule has 1 saturated heterocycles. The number of amides is 1. The van der Waals surface area contributed by atoms with Gasteiger partial charge in [-0.05, 0) is 18.1 Å². The summed E-state index contributed by atoms with van der Waals surface area (Å²) in [5.74, 6) is -0.527. The summed E-state index contributed by atoms with van der Waals surface area (Å²) in [5, 5.41) is 22.3. The van der Waals surface area contributed by atoms with Crippen LogP contribution in [-0.4, -0.2) is 59.9 Å². The second-order valence-corrected chi connectivity index (χ2v) is 5.84. The van der Waals surface area contributed by atoms with E-state index in [-0.39, 0.29) is 23.1 Å². The Hall–Kier alpha value is -1.79. The third-order valence-corrected chi connectivity index (χ3v) is 4.00. The minimum absolute atomic E-state index is 0.0769. The van der Waals surface area contributed by atoms with Crippen molar-refractivity contribution in [1.82, 2.24) is 10.2 Å². The number of aromatic hydroxyl groups is 2. The van der Waals surface area contributed by atoms with E-state index >= 15 is 0 Å². The molecule has 0 aromatic heterocycles. The van der Waals surface area contributed by atoms with Crippen molar-refractivity contribution < 1.29 is 19.7 Å². The van der Waals surface area contributed by atoms with Gasteiger partial charge >= 0.3 is 0 Å². The van der Waals surface area contributed by atoms with Gasteiger partial charge < -0.3 is 20.3 Å². The molecule has 1 aromatic rings. The Morgan fingerprint density at radius 3 is 2.41 bits per heavy atom. The van der Waals surface area contributed by atoms with E-state index in [2.05, 4.69) is 24.1 Å². The summed E-state index contributed by atoms with van der Waals surface area (Å²) in [6, 6.07) is 4.46. The van der Waals surface area contributed by atoms with Crippen LogP contribution in [0.25, 0.3) is 0 Å². The molecule has 0 radical (unpaired) electrons. The first-order valence-corrected chi connectivity index (χ1v) is 7.61. The van der Waals surface area contributed by atoms with Gasteiger partial charge in [-0.1, -0.05) is 19.9 Å². The van der Waals surface area contributed by atoms with Gasteiger partial charge in [0, 0.05) is 25.7 Å². The predicted octanol–water partition coefficient (Wildman–Crippen LogP) is 1.18. The van der Waals surface area contributed by atoms with E-state index in [1.807, 2.05) is 0 Å². The summed E-state index contributed by atoms with van der Waals surface area (Å²) in [5.41, 5.74) is -0.0769. The Labute approximate surface area is 130 Å². The lowest BCUT2D eigenvalue weighted by Gasteiger charge is -2.36. The Morgan fingerprint density at radius 2 is 1.86 bits per heavy atom. The number of carbonyl (C=O) groups excluding carboxylic acids is 1. The topological polar surface area (TPSA) is 82.0 Å². The molecule has 1 atom stereocenters. The number of ether oxygens (including phenoxy) is 1. The molecule has 0 saturated carbocycles. The highest BCUT2D eigenvalue weighted by Gasteiger charge is 2.25. The maximum absolute atomic E-state index is 12.2. The zero-order valence-corrected chi connectivity index (χ0v) is 13.1. The fraction of sp³-hybridized carbons (Fsp3) is 0.562. The molecule has 22 heavy (non-hydrogen) atoms. The summed E-state index contributed by atoms with van der Waals surface area (Å²) < 4.78 is 5.36. The van der Waals surface area contributed by atoms with Crippen LogP contribution in [-0.2, 0) is 4.74 Å². The monoisotopic (exact) mass is 308 g/mol. The first-order chi connectivity index (χ1) is 10.5. The lowest BCUT2D eigenvalue weighted by atomic mass is 10.0. The number of hydrogen-bond donors (Lipinski definition) is 3. The van der Waals surface area contributed by atoms with E-state index in [1.165, 1.54) is 18.2 Å². The van der Waals surface area contributed by atoms with E-state index in [9.17, 15) is 15.0 Å². The lowest BCUT2D eigenvalue weighted by Crippen LogP contribution is -2.51. The van der Waals surface area contributed by atoms with Crippen molar-refractivity contribution in [1.29, 1.82) is 0 Å². The number of hydrogen-bond acceptors (Lipinski definition) is 5. The molecule has 6 nitrogen and oxygen atoms in total. The lowest BCUT2D eigenvalue weighted by molar-refractivity contribution is 0.00672. The third-order valence-electron chi connectivity index (χ3n) is 4.00. The average Bonchev–Trinajstić information content (AvgIpc) is 2.48. The van der Waals surface area contributed by atoms with Crippen LogP contribution in [0, 0.1) is 5.92 Å². The van der Waals surface area contributed by atoms with Crippen LogP contribution in [0.15, 0.2) is 18.2 Å². The Bertz CT molecular complexity index is 493. The molecule has 1 fully saturated rings. The molecule has 0 unspecified atom stereocenters. The molecule has 1 amide bonds. The summed E-state index contributed by atoms with van der Waals surface area (Å²) in [7, 11) is 0. The van der Waals surface area contributed by atoms with Crippen molar-refractivity contribution in [3.63, 3.8) is 0 Å². The van der Waals surface area contributed by atoms with Gasteiger partial charge in [0.2, 0.25) is 0 Å². The molecule has 1 aliphatic rings. The van der Waals surface area contributed by atoms with Crippen LogP contribution in [0.5, 0.6) is 11.5 Å². The Morgan fingerprint density at radius 1 is 1.27 bits per heavy atom. The molecule has 0 aliphatic carbocycles. The zero-order chi connectivity index (χ0) is 16.1. The largest absolute Gasteiger partial charge is 0.507 e. The molecular formula is C16H24N2O4. The van der Waals surface area contributed by atoms with Crippen LogP contribution >= 0.6 is 0 Å². The number of carbonyl (C=O) groups is 1. The van der Waals surface area contributed by atoms with Gasteiger partial charge in [0.25, 0.3) is 5.91 Å². The Balaban J connectivity index is 2.01. The quantitative estimate of drug-likeness (QED) is 0.761. The van der Waals surface area contributed by atoms with Crippen molar-refractivity contribution in [3.8, 4) is 11.5 Å². The number of morpholine rings is 1. The summed E-state index contributed by atoms with van der Waals surface area (Å²) in [4.78, 5) is 14.5. The average molecular weight is 308 g/mol. The van der Waals surface area contributed by atoms with Crippen LogP contribution in [0.2, 0.25) is 0 Å². The number of phenolic OH excluding ortho intramolecular Hbond substituents is 2. The zero-order valence-electron chi connectivity index (χ0n) is 13.1. The minimum atomic E-state index is -0.463. The second kappa shape index (κ2) is 7.47. The van der Waals surface area contributed by atoms with Gasteiger partial charge in [0.15, 0.2) is 0 Å². The van der Waals surface area contributed by atoms with Gasteiger partial charge in [-0.15, -0.1) is 0 Å². The van der Waals surface area contributed by atoms with Crippen molar-refractivity contribution in [2.45, 2.75) is 19.9 Å². The van der Waals surface area contributed by atoms with Crippen molar-refractivity contribution >= 4 is 5.91 Å². The number of nitrogens with zero attached hydrogens (tertiary/aromatic N) is 1. The third kappa shape index (κ3) is 3.90. The number of rotatable bonds is 5.